The molecule has 1 saturated carbocycles. The maximum Gasteiger partial charge on any atom is 0.179 e. The summed E-state index contributed by atoms with van der Waals surface area (Å²) in [6.45, 7) is 6.97. The molecule has 0 aromatic heterocycles. The number of piperazine rings is 1. The van der Waals surface area contributed by atoms with Gasteiger partial charge in [0, 0.05) is 45.3 Å². The minimum atomic E-state index is 0.485. The molecule has 0 N–H and O–H groups in total. The maximum atomic E-state index is 9.02. The summed E-state index contributed by atoms with van der Waals surface area (Å²) in [7, 11) is 2.22. The zero-order valence-electron chi connectivity index (χ0n) is 12.1. The highest BCUT2D eigenvalue weighted by Crippen LogP contribution is 2.44. The first-order chi connectivity index (χ1) is 9.21. The number of hydrogen-bond acceptors (Lipinski definition) is 4. The molecule has 0 amide bonds. The van der Waals surface area contributed by atoms with Gasteiger partial charge in [0.05, 0.1) is 0 Å². The second-order valence-electron chi connectivity index (χ2n) is 6.84. The molecule has 4 nitrogen and oxygen atoms in total. The summed E-state index contributed by atoms with van der Waals surface area (Å²) in [5, 5.41) is 9.02. The van der Waals surface area contributed by atoms with Gasteiger partial charge >= 0.3 is 0 Å². The predicted octanol–water partition coefficient (Wildman–Crippen LogP) is 1.35. The monoisotopic (exact) mass is 262 g/mol. The first kappa shape index (κ1) is 13.2. The standard InChI is InChI=1S/C15H26N4/c1-17-8-10-19(11-9-17)14-2-4-15(5-3-14)6-7-18(12-15)13-16/h14H,2-12H2,1H3. The van der Waals surface area contributed by atoms with Crippen LogP contribution in [0.1, 0.15) is 32.1 Å². The molecule has 3 fully saturated rings. The molecule has 2 heterocycles. The maximum absolute atomic E-state index is 9.02. The zero-order valence-corrected chi connectivity index (χ0v) is 12.1. The van der Waals surface area contributed by atoms with E-state index in [1.54, 1.807) is 0 Å². The molecule has 4 heteroatoms. The number of nitriles is 1. The molecule has 0 bridgehead atoms. The van der Waals surface area contributed by atoms with Crippen molar-refractivity contribution in [3.8, 4) is 6.19 Å². The number of likely N-dealkylation sites (tertiary alicyclic amines) is 1. The normalized spacial score (nSPS) is 37.7. The van der Waals surface area contributed by atoms with Gasteiger partial charge in [0.15, 0.2) is 6.19 Å². The number of hydrogen-bond donors (Lipinski definition) is 0. The van der Waals surface area contributed by atoms with Gasteiger partial charge in [-0.15, -0.1) is 0 Å². The fraction of sp³-hybridized carbons (Fsp3) is 0.933. The summed E-state index contributed by atoms with van der Waals surface area (Å²) in [6.07, 6.45) is 8.95. The first-order valence-corrected chi connectivity index (χ1v) is 7.78. The van der Waals surface area contributed by atoms with E-state index < -0.39 is 0 Å². The third-order valence-electron chi connectivity index (χ3n) is 5.65. The van der Waals surface area contributed by atoms with Crippen LogP contribution in [0.25, 0.3) is 0 Å². The number of likely N-dealkylation sites (N-methyl/N-ethyl adjacent to an activating group) is 1. The van der Waals surface area contributed by atoms with E-state index in [0.717, 1.165) is 19.1 Å². The highest BCUT2D eigenvalue weighted by molar-refractivity contribution is 4.98. The lowest BCUT2D eigenvalue weighted by atomic mass is 9.71. The largest absolute Gasteiger partial charge is 0.310 e. The Morgan fingerprint density at radius 1 is 1.00 bits per heavy atom. The number of nitrogens with zero attached hydrogens (tertiary/aromatic N) is 4. The van der Waals surface area contributed by atoms with Crippen LogP contribution in [0, 0.1) is 16.9 Å². The van der Waals surface area contributed by atoms with Gasteiger partial charge < -0.3 is 9.80 Å². The van der Waals surface area contributed by atoms with Crippen LogP contribution in [-0.2, 0) is 0 Å². The van der Waals surface area contributed by atoms with Crippen molar-refractivity contribution in [3.63, 3.8) is 0 Å². The average molecular weight is 262 g/mol. The second-order valence-corrected chi connectivity index (χ2v) is 6.84. The van der Waals surface area contributed by atoms with Gasteiger partial charge in [-0.25, -0.2) is 0 Å². The lowest BCUT2D eigenvalue weighted by Gasteiger charge is -2.44. The van der Waals surface area contributed by atoms with Gasteiger partial charge in [-0.3, -0.25) is 4.90 Å². The van der Waals surface area contributed by atoms with E-state index in [1.807, 2.05) is 4.90 Å². The Morgan fingerprint density at radius 3 is 2.26 bits per heavy atom. The molecule has 1 aliphatic carbocycles. The minimum absolute atomic E-state index is 0.485. The van der Waals surface area contributed by atoms with Crippen molar-refractivity contribution in [2.24, 2.45) is 5.41 Å². The average Bonchev–Trinajstić information content (AvgIpc) is 2.84. The molecule has 3 rings (SSSR count). The second kappa shape index (κ2) is 5.30. The van der Waals surface area contributed by atoms with E-state index in [2.05, 4.69) is 23.0 Å². The first-order valence-electron chi connectivity index (χ1n) is 7.78. The van der Waals surface area contributed by atoms with Crippen molar-refractivity contribution in [3.05, 3.63) is 0 Å². The van der Waals surface area contributed by atoms with Crippen LogP contribution >= 0.6 is 0 Å². The van der Waals surface area contributed by atoms with Gasteiger partial charge in [-0.05, 0) is 44.6 Å². The van der Waals surface area contributed by atoms with Crippen LogP contribution in [0.15, 0.2) is 0 Å². The molecule has 0 unspecified atom stereocenters. The summed E-state index contributed by atoms with van der Waals surface area (Å²) in [6, 6.07) is 0.815. The van der Waals surface area contributed by atoms with E-state index in [4.69, 9.17) is 5.26 Å². The van der Waals surface area contributed by atoms with Crippen LogP contribution in [0.3, 0.4) is 0 Å². The summed E-state index contributed by atoms with van der Waals surface area (Å²) in [4.78, 5) is 7.11. The summed E-state index contributed by atoms with van der Waals surface area (Å²) >= 11 is 0. The van der Waals surface area contributed by atoms with Crippen LogP contribution in [-0.4, -0.2) is 67.1 Å². The Labute approximate surface area is 117 Å². The lowest BCUT2D eigenvalue weighted by molar-refractivity contribution is 0.0590. The molecule has 0 aromatic carbocycles. The van der Waals surface area contributed by atoms with Gasteiger partial charge in [-0.2, -0.15) is 5.26 Å². The molecule has 2 aliphatic heterocycles. The Bertz CT molecular complexity index is 346. The van der Waals surface area contributed by atoms with E-state index in [-0.39, 0.29) is 0 Å². The quantitative estimate of drug-likeness (QED) is 0.668. The summed E-state index contributed by atoms with van der Waals surface area (Å²) < 4.78 is 0. The SMILES string of the molecule is CN1CCN(C2CCC3(CC2)CCN(C#N)C3)CC1. The molecule has 2 saturated heterocycles. The van der Waals surface area contributed by atoms with Crippen molar-refractivity contribution in [2.75, 3.05) is 46.3 Å². The molecular formula is C15H26N4. The molecule has 0 aromatic rings. The van der Waals surface area contributed by atoms with Crippen molar-refractivity contribution in [1.82, 2.24) is 14.7 Å². The van der Waals surface area contributed by atoms with Crippen molar-refractivity contribution < 1.29 is 0 Å². The molecule has 106 valence electrons. The molecule has 0 radical (unpaired) electrons. The van der Waals surface area contributed by atoms with Crippen molar-refractivity contribution in [1.29, 1.82) is 5.26 Å². The van der Waals surface area contributed by atoms with Crippen LogP contribution in [0.4, 0.5) is 0 Å². The Kier molecular flexibility index (Phi) is 3.68. The van der Waals surface area contributed by atoms with Gasteiger partial charge in [0.25, 0.3) is 0 Å². The highest BCUT2D eigenvalue weighted by atomic mass is 15.3. The Balaban J connectivity index is 1.51. The Morgan fingerprint density at radius 2 is 1.68 bits per heavy atom. The molecular weight excluding hydrogens is 236 g/mol. The van der Waals surface area contributed by atoms with Gasteiger partial charge in [0.1, 0.15) is 0 Å². The highest BCUT2D eigenvalue weighted by Gasteiger charge is 2.41. The van der Waals surface area contributed by atoms with Crippen LogP contribution in [0.2, 0.25) is 0 Å². The molecule has 1 spiro atoms. The Hall–Kier alpha value is -0.790. The summed E-state index contributed by atoms with van der Waals surface area (Å²) in [5.41, 5.74) is 0.485. The minimum Gasteiger partial charge on any atom is -0.310 e. The van der Waals surface area contributed by atoms with Crippen LogP contribution < -0.4 is 0 Å². The van der Waals surface area contributed by atoms with Gasteiger partial charge in [-0.1, -0.05) is 0 Å². The molecule has 0 atom stereocenters. The van der Waals surface area contributed by atoms with E-state index in [1.165, 1.54) is 58.3 Å². The van der Waals surface area contributed by atoms with Crippen molar-refractivity contribution in [2.45, 2.75) is 38.1 Å². The fourth-order valence-corrected chi connectivity index (χ4v) is 4.20. The van der Waals surface area contributed by atoms with Gasteiger partial charge in [0.2, 0.25) is 0 Å². The molecule has 19 heavy (non-hydrogen) atoms. The predicted molar refractivity (Wildman–Crippen MR) is 75.6 cm³/mol. The van der Waals surface area contributed by atoms with Crippen molar-refractivity contribution >= 4 is 0 Å². The van der Waals surface area contributed by atoms with Crippen LogP contribution in [0.5, 0.6) is 0 Å². The zero-order chi connectivity index (χ0) is 13.3. The fourth-order valence-electron chi connectivity index (χ4n) is 4.20. The van der Waals surface area contributed by atoms with E-state index >= 15 is 0 Å². The molecule has 3 aliphatic rings. The topological polar surface area (TPSA) is 33.5 Å². The number of rotatable bonds is 1. The third-order valence-corrected chi connectivity index (χ3v) is 5.65. The third kappa shape index (κ3) is 2.73. The van der Waals surface area contributed by atoms with E-state index in [0.29, 0.717) is 5.41 Å². The smallest absolute Gasteiger partial charge is 0.179 e. The van der Waals surface area contributed by atoms with E-state index in [9.17, 15) is 0 Å². The lowest BCUT2D eigenvalue weighted by Crippen LogP contribution is -2.50. The summed E-state index contributed by atoms with van der Waals surface area (Å²) in [5.74, 6) is 0.